The summed E-state index contributed by atoms with van der Waals surface area (Å²) >= 11 is 0. The summed E-state index contributed by atoms with van der Waals surface area (Å²) < 4.78 is 15.0. The van der Waals surface area contributed by atoms with E-state index < -0.39 is 0 Å². The Balaban J connectivity index is 1.52. The van der Waals surface area contributed by atoms with Gasteiger partial charge in [-0.3, -0.25) is 0 Å². The Hall–Kier alpha value is -2.56. The molecule has 0 saturated carbocycles. The van der Waals surface area contributed by atoms with Crippen molar-refractivity contribution in [1.82, 2.24) is 4.57 Å². The molecule has 6 rings (SSSR count). The van der Waals surface area contributed by atoms with E-state index in [1.807, 2.05) is 0 Å². The van der Waals surface area contributed by atoms with E-state index in [0.29, 0.717) is 0 Å². The zero-order valence-corrected chi connectivity index (χ0v) is 23.0. The van der Waals surface area contributed by atoms with Gasteiger partial charge in [-0.15, -0.1) is 0 Å². The summed E-state index contributed by atoms with van der Waals surface area (Å²) in [4.78, 5) is 0. The van der Waals surface area contributed by atoms with Crippen molar-refractivity contribution in [2.45, 2.75) is 90.3 Å². The number of hydrogen-bond donors (Lipinski definition) is 0. The molecule has 2 aliphatic rings. The van der Waals surface area contributed by atoms with Gasteiger partial charge >= 0.3 is 7.12 Å². The van der Waals surface area contributed by atoms with Crippen molar-refractivity contribution >= 4 is 34.4 Å². The molecule has 36 heavy (non-hydrogen) atoms. The number of rotatable bonds is 2. The van der Waals surface area contributed by atoms with Gasteiger partial charge in [-0.1, -0.05) is 58.0 Å². The molecule has 0 bridgehead atoms. The highest BCUT2D eigenvalue weighted by atomic mass is 16.7. The molecule has 1 aromatic heterocycles. The van der Waals surface area contributed by atoms with E-state index in [1.165, 1.54) is 45.8 Å². The number of hydrogen-bond acceptors (Lipinski definition) is 2. The van der Waals surface area contributed by atoms with Gasteiger partial charge in [-0.05, 0) is 98.3 Å². The maximum atomic E-state index is 6.30. The first-order chi connectivity index (χ1) is 16.8. The Kier molecular flexibility index (Phi) is 4.96. The third-order valence-electron chi connectivity index (χ3n) is 9.32. The van der Waals surface area contributed by atoms with Crippen LogP contribution in [0.1, 0.15) is 79.4 Å². The molecule has 3 aromatic carbocycles. The third kappa shape index (κ3) is 3.41. The van der Waals surface area contributed by atoms with Gasteiger partial charge in [0.15, 0.2) is 0 Å². The lowest BCUT2D eigenvalue weighted by atomic mass is 9.63. The second-order valence-electron chi connectivity index (χ2n) is 13.2. The highest BCUT2D eigenvalue weighted by molar-refractivity contribution is 6.62. The maximum absolute atomic E-state index is 6.30. The van der Waals surface area contributed by atoms with Gasteiger partial charge in [0, 0.05) is 16.5 Å². The fourth-order valence-electron chi connectivity index (χ4n) is 6.07. The minimum absolute atomic E-state index is 0.168. The lowest BCUT2D eigenvalue weighted by Gasteiger charge is -2.42. The van der Waals surface area contributed by atoms with Crippen molar-refractivity contribution in [3.63, 3.8) is 0 Å². The Morgan fingerprint density at radius 1 is 0.639 bits per heavy atom. The topological polar surface area (TPSA) is 23.4 Å². The second-order valence-corrected chi connectivity index (χ2v) is 13.2. The summed E-state index contributed by atoms with van der Waals surface area (Å²) in [6.07, 6.45) is 2.43. The summed E-state index contributed by atoms with van der Waals surface area (Å²) in [5, 5.41) is 2.65. The SMILES string of the molecule is CC1(C)CCC(C)(C)c2cc3c(cc21)c1ccccc1n3-c1ccc(B2OC(C)(C)C(C)(C)O2)cc1. The molecule has 1 aliphatic carbocycles. The quantitative estimate of drug-likeness (QED) is 0.279. The van der Waals surface area contributed by atoms with Crippen LogP contribution in [0.5, 0.6) is 0 Å². The van der Waals surface area contributed by atoms with Crippen molar-refractivity contribution in [2.75, 3.05) is 0 Å². The van der Waals surface area contributed by atoms with E-state index in [1.54, 1.807) is 0 Å². The molecule has 4 heteroatoms. The van der Waals surface area contributed by atoms with Gasteiger partial charge in [-0.25, -0.2) is 0 Å². The largest absolute Gasteiger partial charge is 0.494 e. The van der Waals surface area contributed by atoms with E-state index in [0.717, 1.165) is 11.2 Å². The van der Waals surface area contributed by atoms with Crippen LogP contribution in [-0.2, 0) is 20.1 Å². The van der Waals surface area contributed by atoms with Gasteiger partial charge in [0.25, 0.3) is 0 Å². The number of benzene rings is 3. The average molecular weight is 479 g/mol. The molecule has 0 amide bonds. The highest BCUT2D eigenvalue weighted by Crippen LogP contribution is 2.48. The molecule has 0 radical (unpaired) electrons. The Bertz CT molecular complexity index is 1470. The van der Waals surface area contributed by atoms with Crippen LogP contribution in [0.25, 0.3) is 27.5 Å². The van der Waals surface area contributed by atoms with Crippen LogP contribution in [0.3, 0.4) is 0 Å². The van der Waals surface area contributed by atoms with Crippen molar-refractivity contribution in [3.8, 4) is 5.69 Å². The van der Waals surface area contributed by atoms with Crippen molar-refractivity contribution in [1.29, 1.82) is 0 Å². The minimum Gasteiger partial charge on any atom is -0.399 e. The van der Waals surface area contributed by atoms with Gasteiger partial charge in [0.05, 0.1) is 22.2 Å². The average Bonchev–Trinajstić information content (AvgIpc) is 3.26. The van der Waals surface area contributed by atoms with Crippen LogP contribution in [0, 0.1) is 0 Å². The predicted molar refractivity (Wildman–Crippen MR) is 152 cm³/mol. The van der Waals surface area contributed by atoms with Gasteiger partial charge < -0.3 is 13.9 Å². The lowest BCUT2D eigenvalue weighted by Crippen LogP contribution is -2.41. The van der Waals surface area contributed by atoms with Crippen LogP contribution in [0.15, 0.2) is 60.7 Å². The fourth-order valence-corrected chi connectivity index (χ4v) is 6.07. The molecule has 0 unspecified atom stereocenters. The zero-order valence-electron chi connectivity index (χ0n) is 23.0. The monoisotopic (exact) mass is 479 g/mol. The number of para-hydroxylation sites is 1. The molecule has 1 saturated heterocycles. The predicted octanol–water partition coefficient (Wildman–Crippen LogP) is 7.43. The molecular weight excluding hydrogens is 441 g/mol. The molecule has 0 N–H and O–H groups in total. The Morgan fingerprint density at radius 3 is 1.81 bits per heavy atom. The molecule has 1 fully saturated rings. The summed E-state index contributed by atoms with van der Waals surface area (Å²) in [7, 11) is -0.350. The van der Waals surface area contributed by atoms with Crippen LogP contribution in [0.4, 0.5) is 0 Å². The number of aromatic nitrogens is 1. The van der Waals surface area contributed by atoms with Crippen LogP contribution in [0.2, 0.25) is 0 Å². The number of fused-ring (bicyclic) bond motifs is 4. The highest BCUT2D eigenvalue weighted by Gasteiger charge is 2.51. The molecule has 0 spiro atoms. The maximum Gasteiger partial charge on any atom is 0.494 e. The van der Waals surface area contributed by atoms with E-state index in [-0.39, 0.29) is 29.2 Å². The van der Waals surface area contributed by atoms with Gasteiger partial charge in [-0.2, -0.15) is 0 Å². The zero-order chi connectivity index (χ0) is 25.7. The molecule has 186 valence electrons. The normalized spacial score (nSPS) is 21.7. The van der Waals surface area contributed by atoms with E-state index in [2.05, 4.69) is 121 Å². The second kappa shape index (κ2) is 7.49. The smallest absolute Gasteiger partial charge is 0.399 e. The van der Waals surface area contributed by atoms with Crippen LogP contribution < -0.4 is 5.46 Å². The van der Waals surface area contributed by atoms with E-state index in [4.69, 9.17) is 9.31 Å². The standard InChI is InChI=1S/C32H38BNO2/c1-29(2)17-18-30(3,4)26-20-28-24(19-25(26)29)23-11-9-10-12-27(23)34(28)22-15-13-21(14-16-22)33-35-31(5,6)32(7,8)36-33/h9-16,19-20H,17-18H2,1-8H3. The lowest BCUT2D eigenvalue weighted by molar-refractivity contribution is 0.00578. The van der Waals surface area contributed by atoms with Gasteiger partial charge in [0.2, 0.25) is 0 Å². The van der Waals surface area contributed by atoms with Crippen LogP contribution in [-0.4, -0.2) is 22.9 Å². The Labute approximate surface area is 215 Å². The molecule has 3 nitrogen and oxygen atoms in total. The molecular formula is C32H38BNO2. The Morgan fingerprint density at radius 2 is 1.19 bits per heavy atom. The van der Waals surface area contributed by atoms with Crippen molar-refractivity contribution in [2.24, 2.45) is 0 Å². The van der Waals surface area contributed by atoms with E-state index in [9.17, 15) is 0 Å². The fraction of sp³-hybridized carbons (Fsp3) is 0.438. The van der Waals surface area contributed by atoms with E-state index >= 15 is 0 Å². The number of nitrogens with zero attached hydrogens (tertiary/aromatic N) is 1. The molecule has 4 aromatic rings. The first kappa shape index (κ1) is 23.8. The third-order valence-corrected chi connectivity index (χ3v) is 9.32. The summed E-state index contributed by atoms with van der Waals surface area (Å²) in [6.45, 7) is 18.0. The molecule has 0 atom stereocenters. The molecule has 1 aliphatic heterocycles. The minimum atomic E-state index is -0.350. The van der Waals surface area contributed by atoms with Crippen molar-refractivity contribution in [3.05, 3.63) is 71.8 Å². The van der Waals surface area contributed by atoms with Crippen molar-refractivity contribution < 1.29 is 9.31 Å². The summed E-state index contributed by atoms with van der Waals surface area (Å²) in [5.41, 5.74) is 7.40. The first-order valence-electron chi connectivity index (χ1n) is 13.3. The van der Waals surface area contributed by atoms with Gasteiger partial charge in [0.1, 0.15) is 0 Å². The first-order valence-corrected chi connectivity index (χ1v) is 13.3. The molecule has 2 heterocycles. The summed E-state index contributed by atoms with van der Waals surface area (Å²) in [6, 6.07) is 22.5. The summed E-state index contributed by atoms with van der Waals surface area (Å²) in [5.74, 6) is 0. The van der Waals surface area contributed by atoms with Crippen LogP contribution >= 0.6 is 0 Å².